The predicted molar refractivity (Wildman–Crippen MR) is 134 cm³/mol. The van der Waals surface area contributed by atoms with Crippen molar-refractivity contribution in [2.24, 2.45) is 0 Å². The molecule has 0 radical (unpaired) electrons. The maximum absolute atomic E-state index is 12.6. The number of aromatic nitrogens is 6. The van der Waals surface area contributed by atoms with E-state index in [0.717, 1.165) is 28.1 Å². The number of pyridine rings is 2. The van der Waals surface area contributed by atoms with Gasteiger partial charge in [0.05, 0.1) is 18.8 Å². The second kappa shape index (κ2) is 10.4. The van der Waals surface area contributed by atoms with Crippen LogP contribution in [0.2, 0.25) is 0 Å². The van der Waals surface area contributed by atoms with Crippen LogP contribution in [0.3, 0.4) is 0 Å². The van der Waals surface area contributed by atoms with Gasteiger partial charge in [-0.15, -0.1) is 0 Å². The second-order valence-corrected chi connectivity index (χ2v) is 7.90. The number of benzene rings is 1. The summed E-state index contributed by atoms with van der Waals surface area (Å²) in [5.41, 5.74) is 4.50. The minimum atomic E-state index is -0.277. The minimum Gasteiger partial charge on any atom is -0.306 e. The fourth-order valence-corrected chi connectivity index (χ4v) is 3.64. The Hall–Kier alpha value is -4.85. The summed E-state index contributed by atoms with van der Waals surface area (Å²) in [4.78, 5) is 21.1. The Kier molecular flexibility index (Phi) is 6.52. The van der Waals surface area contributed by atoms with Crippen LogP contribution in [-0.2, 0) is 17.9 Å². The summed E-state index contributed by atoms with van der Waals surface area (Å²) < 4.78 is 3.60. The molecule has 0 aliphatic rings. The molecule has 0 bridgehead atoms. The van der Waals surface area contributed by atoms with Gasteiger partial charge in [0.25, 0.3) is 0 Å². The maximum Gasteiger partial charge on any atom is 0.249 e. The smallest absolute Gasteiger partial charge is 0.249 e. The Morgan fingerprint density at radius 3 is 2.57 bits per heavy atom. The standard InChI is InChI=1S/C27H23N7O/c35-26(30-25-13-16-33(31-25)20-24-10-4-5-15-29-24)12-11-23-19-34(18-21-7-2-1-3-8-21)32-27(23)22-9-6-14-28-17-22/h1-17,19H,18,20H2,(H,30,31,35)/b12-11+. The molecule has 0 spiro atoms. The van der Waals surface area contributed by atoms with Crippen LogP contribution in [0.15, 0.2) is 104 Å². The van der Waals surface area contributed by atoms with E-state index in [1.165, 1.54) is 6.08 Å². The van der Waals surface area contributed by atoms with Crippen LogP contribution in [0.1, 0.15) is 16.8 Å². The molecule has 8 heteroatoms. The minimum absolute atomic E-state index is 0.277. The Balaban J connectivity index is 1.31. The normalized spacial score (nSPS) is 11.1. The zero-order valence-electron chi connectivity index (χ0n) is 18.9. The quantitative estimate of drug-likeness (QED) is 0.348. The molecule has 0 atom stereocenters. The van der Waals surface area contributed by atoms with Gasteiger partial charge in [-0.3, -0.25) is 24.1 Å². The van der Waals surface area contributed by atoms with Crippen molar-refractivity contribution < 1.29 is 4.79 Å². The zero-order chi connectivity index (χ0) is 23.9. The van der Waals surface area contributed by atoms with Gasteiger partial charge in [-0.1, -0.05) is 36.4 Å². The van der Waals surface area contributed by atoms with Crippen LogP contribution in [0.25, 0.3) is 17.3 Å². The average molecular weight is 462 g/mol. The van der Waals surface area contributed by atoms with E-state index in [1.54, 1.807) is 35.4 Å². The molecule has 35 heavy (non-hydrogen) atoms. The third-order valence-corrected chi connectivity index (χ3v) is 5.27. The van der Waals surface area contributed by atoms with Crippen molar-refractivity contribution in [3.8, 4) is 11.3 Å². The van der Waals surface area contributed by atoms with Crippen molar-refractivity contribution in [3.63, 3.8) is 0 Å². The van der Waals surface area contributed by atoms with E-state index >= 15 is 0 Å². The highest BCUT2D eigenvalue weighted by Crippen LogP contribution is 2.23. The SMILES string of the molecule is O=C(/C=C/c1cn(Cc2ccccc2)nc1-c1cccnc1)Nc1ccn(Cc2ccccn2)n1. The number of rotatable bonds is 8. The predicted octanol–water partition coefficient (Wildman–Crippen LogP) is 4.29. The molecular formula is C27H23N7O. The molecule has 5 aromatic rings. The Bertz CT molecular complexity index is 1420. The lowest BCUT2D eigenvalue weighted by atomic mass is 10.1. The molecule has 0 aliphatic heterocycles. The first-order valence-corrected chi connectivity index (χ1v) is 11.2. The van der Waals surface area contributed by atoms with E-state index < -0.39 is 0 Å². The first kappa shape index (κ1) is 22.0. The van der Waals surface area contributed by atoms with Gasteiger partial charge in [0.1, 0.15) is 5.69 Å². The monoisotopic (exact) mass is 461 g/mol. The number of carbonyl (C=O) groups excluding carboxylic acids is 1. The number of nitrogens with one attached hydrogen (secondary N) is 1. The fourth-order valence-electron chi connectivity index (χ4n) is 3.64. The number of nitrogens with zero attached hydrogens (tertiary/aromatic N) is 6. The van der Waals surface area contributed by atoms with Gasteiger partial charge >= 0.3 is 0 Å². The van der Waals surface area contributed by atoms with Gasteiger partial charge < -0.3 is 5.32 Å². The summed E-state index contributed by atoms with van der Waals surface area (Å²) in [6, 6.07) is 21.4. The molecule has 0 saturated carbocycles. The molecule has 172 valence electrons. The third-order valence-electron chi connectivity index (χ3n) is 5.27. The summed E-state index contributed by atoms with van der Waals surface area (Å²) in [6.07, 6.45) is 12.2. The molecule has 0 saturated heterocycles. The molecule has 5 rings (SSSR count). The van der Waals surface area contributed by atoms with E-state index in [2.05, 4.69) is 32.5 Å². The molecule has 1 aromatic carbocycles. The van der Waals surface area contributed by atoms with Gasteiger partial charge in [0.2, 0.25) is 5.91 Å². The molecule has 0 unspecified atom stereocenters. The van der Waals surface area contributed by atoms with Crippen molar-refractivity contribution in [2.75, 3.05) is 5.32 Å². The second-order valence-electron chi connectivity index (χ2n) is 7.90. The Labute approximate surface area is 202 Å². The van der Waals surface area contributed by atoms with E-state index in [1.807, 2.05) is 65.6 Å². The summed E-state index contributed by atoms with van der Waals surface area (Å²) in [7, 11) is 0. The van der Waals surface area contributed by atoms with E-state index in [0.29, 0.717) is 18.9 Å². The van der Waals surface area contributed by atoms with Gasteiger partial charge in [0, 0.05) is 54.3 Å². The summed E-state index contributed by atoms with van der Waals surface area (Å²) >= 11 is 0. The van der Waals surface area contributed by atoms with Gasteiger partial charge in [0.15, 0.2) is 5.82 Å². The van der Waals surface area contributed by atoms with Crippen molar-refractivity contribution in [3.05, 3.63) is 121 Å². The third kappa shape index (κ3) is 5.75. The molecule has 8 nitrogen and oxygen atoms in total. The van der Waals surface area contributed by atoms with Crippen LogP contribution < -0.4 is 5.32 Å². The van der Waals surface area contributed by atoms with Crippen LogP contribution in [0.5, 0.6) is 0 Å². The fraction of sp³-hybridized carbons (Fsp3) is 0.0741. The average Bonchev–Trinajstić information content (AvgIpc) is 3.51. The van der Waals surface area contributed by atoms with Crippen LogP contribution in [0.4, 0.5) is 5.82 Å². The van der Waals surface area contributed by atoms with Crippen molar-refractivity contribution >= 4 is 17.8 Å². The van der Waals surface area contributed by atoms with Crippen molar-refractivity contribution in [2.45, 2.75) is 13.1 Å². The molecular weight excluding hydrogens is 438 g/mol. The van der Waals surface area contributed by atoms with Gasteiger partial charge in [-0.25, -0.2) is 0 Å². The Morgan fingerprint density at radius 2 is 1.77 bits per heavy atom. The molecule has 0 fully saturated rings. The van der Waals surface area contributed by atoms with Gasteiger partial charge in [-0.2, -0.15) is 10.2 Å². The lowest BCUT2D eigenvalue weighted by Crippen LogP contribution is -2.09. The molecule has 1 N–H and O–H groups in total. The summed E-state index contributed by atoms with van der Waals surface area (Å²) in [5.74, 6) is 0.198. The van der Waals surface area contributed by atoms with E-state index in [9.17, 15) is 4.79 Å². The summed E-state index contributed by atoms with van der Waals surface area (Å²) in [5, 5.41) is 12.0. The largest absolute Gasteiger partial charge is 0.306 e. The first-order chi connectivity index (χ1) is 17.2. The van der Waals surface area contributed by atoms with Crippen LogP contribution in [-0.4, -0.2) is 35.4 Å². The number of hydrogen-bond donors (Lipinski definition) is 1. The highest BCUT2D eigenvalue weighted by molar-refractivity contribution is 6.01. The van der Waals surface area contributed by atoms with E-state index in [4.69, 9.17) is 5.10 Å². The van der Waals surface area contributed by atoms with Crippen molar-refractivity contribution in [1.82, 2.24) is 29.5 Å². The van der Waals surface area contributed by atoms with E-state index in [-0.39, 0.29) is 5.91 Å². The zero-order valence-corrected chi connectivity index (χ0v) is 18.9. The number of amides is 1. The molecule has 0 aliphatic carbocycles. The van der Waals surface area contributed by atoms with Crippen LogP contribution >= 0.6 is 0 Å². The lowest BCUT2D eigenvalue weighted by molar-refractivity contribution is -0.111. The maximum atomic E-state index is 12.6. The molecule has 4 heterocycles. The highest BCUT2D eigenvalue weighted by Gasteiger charge is 2.11. The number of carbonyl (C=O) groups is 1. The molecule has 4 aromatic heterocycles. The first-order valence-electron chi connectivity index (χ1n) is 11.2. The van der Waals surface area contributed by atoms with Crippen LogP contribution in [0, 0.1) is 0 Å². The summed E-state index contributed by atoms with van der Waals surface area (Å²) in [6.45, 7) is 1.16. The Morgan fingerprint density at radius 1 is 0.886 bits per heavy atom. The van der Waals surface area contributed by atoms with Crippen molar-refractivity contribution in [1.29, 1.82) is 0 Å². The number of anilines is 1. The molecule has 1 amide bonds. The highest BCUT2D eigenvalue weighted by atomic mass is 16.1. The lowest BCUT2D eigenvalue weighted by Gasteiger charge is -2.01. The number of hydrogen-bond acceptors (Lipinski definition) is 5. The topological polar surface area (TPSA) is 90.5 Å². The van der Waals surface area contributed by atoms with Gasteiger partial charge in [-0.05, 0) is 35.9 Å².